The molecule has 118 valence electrons. The largest absolute Gasteiger partial charge is 0.341 e. The van der Waals surface area contributed by atoms with Crippen LogP contribution >= 0.6 is 0 Å². The van der Waals surface area contributed by atoms with Crippen LogP contribution in [0.25, 0.3) is 0 Å². The lowest BCUT2D eigenvalue weighted by molar-refractivity contribution is 0.477. The van der Waals surface area contributed by atoms with E-state index in [1.807, 2.05) is 36.4 Å². The zero-order valence-corrected chi connectivity index (χ0v) is 13.8. The lowest BCUT2D eigenvalue weighted by Crippen LogP contribution is -2.37. The summed E-state index contributed by atoms with van der Waals surface area (Å²) in [5.41, 5.74) is 2.74. The van der Waals surface area contributed by atoms with E-state index in [1.54, 1.807) is 0 Å². The second kappa shape index (κ2) is 6.78. The molecule has 2 aromatic rings. The van der Waals surface area contributed by atoms with Crippen LogP contribution in [-0.2, 0) is 5.66 Å². The Labute approximate surface area is 138 Å². The second-order valence-electron chi connectivity index (χ2n) is 5.97. The van der Waals surface area contributed by atoms with Gasteiger partial charge in [0.25, 0.3) is 0 Å². The van der Waals surface area contributed by atoms with Crippen LogP contribution in [0.15, 0.2) is 70.6 Å². The monoisotopic (exact) mass is 305 g/mol. The van der Waals surface area contributed by atoms with Crippen LogP contribution in [0, 0.1) is 0 Å². The van der Waals surface area contributed by atoms with Gasteiger partial charge < -0.3 is 5.32 Å². The lowest BCUT2D eigenvalue weighted by atomic mass is 10.0. The summed E-state index contributed by atoms with van der Waals surface area (Å²) in [5.74, 6) is 0.899. The van der Waals surface area contributed by atoms with Crippen LogP contribution in [-0.4, -0.2) is 18.1 Å². The molecule has 0 amide bonds. The zero-order valence-electron chi connectivity index (χ0n) is 13.8. The average molecular weight is 305 g/mol. The number of amidine groups is 1. The summed E-state index contributed by atoms with van der Waals surface area (Å²) in [6, 6.07) is 20.6. The fourth-order valence-corrected chi connectivity index (χ4v) is 2.75. The Bertz CT molecular complexity index is 704. The van der Waals surface area contributed by atoms with Crippen LogP contribution in [0.1, 0.15) is 37.8 Å². The number of unbranched alkanes of at least 4 members (excludes halogenated alkanes) is 1. The Hall–Kier alpha value is -2.42. The van der Waals surface area contributed by atoms with Crippen molar-refractivity contribution in [2.45, 2.75) is 32.4 Å². The maximum atomic E-state index is 5.00. The smallest absolute Gasteiger partial charge is 0.154 e. The second-order valence-corrected chi connectivity index (χ2v) is 5.97. The predicted octanol–water partition coefficient (Wildman–Crippen LogP) is 4.15. The molecule has 0 bridgehead atoms. The molecule has 1 N–H and O–H groups in total. The predicted molar refractivity (Wildman–Crippen MR) is 97.1 cm³/mol. The van der Waals surface area contributed by atoms with Crippen LogP contribution in [0.3, 0.4) is 0 Å². The molecule has 0 saturated carbocycles. The van der Waals surface area contributed by atoms with Gasteiger partial charge in [0.05, 0.1) is 0 Å². The molecule has 0 aliphatic carbocycles. The molecule has 0 spiro atoms. The topological polar surface area (TPSA) is 36.8 Å². The van der Waals surface area contributed by atoms with Crippen LogP contribution < -0.4 is 5.32 Å². The van der Waals surface area contributed by atoms with Gasteiger partial charge in [-0.25, -0.2) is 4.99 Å². The number of nitrogens with one attached hydrogen (secondary N) is 1. The van der Waals surface area contributed by atoms with E-state index in [0.717, 1.165) is 42.1 Å². The van der Waals surface area contributed by atoms with E-state index >= 15 is 0 Å². The number of benzene rings is 2. The summed E-state index contributed by atoms with van der Waals surface area (Å²) in [4.78, 5) is 9.76. The van der Waals surface area contributed by atoms with Crippen molar-refractivity contribution in [3.63, 3.8) is 0 Å². The van der Waals surface area contributed by atoms with Gasteiger partial charge in [0.15, 0.2) is 5.66 Å². The van der Waals surface area contributed by atoms with Gasteiger partial charge in [0, 0.05) is 12.1 Å². The Kier molecular flexibility index (Phi) is 4.56. The van der Waals surface area contributed by atoms with Gasteiger partial charge in [-0.15, -0.1) is 0 Å². The first-order valence-corrected chi connectivity index (χ1v) is 8.27. The fraction of sp³-hybridized carbons (Fsp3) is 0.300. The van der Waals surface area contributed by atoms with E-state index in [2.05, 4.69) is 43.4 Å². The van der Waals surface area contributed by atoms with Crippen molar-refractivity contribution in [1.29, 1.82) is 0 Å². The van der Waals surface area contributed by atoms with E-state index in [-0.39, 0.29) is 0 Å². The van der Waals surface area contributed by atoms with Crippen LogP contribution in [0.4, 0.5) is 0 Å². The molecule has 3 heteroatoms. The molecule has 1 aliphatic rings. The summed E-state index contributed by atoms with van der Waals surface area (Å²) in [7, 11) is 0. The van der Waals surface area contributed by atoms with Gasteiger partial charge in [-0.3, -0.25) is 4.99 Å². The highest BCUT2D eigenvalue weighted by atomic mass is 15.2. The van der Waals surface area contributed by atoms with E-state index in [0.29, 0.717) is 0 Å². The third kappa shape index (κ3) is 3.34. The first-order chi connectivity index (χ1) is 11.2. The summed E-state index contributed by atoms with van der Waals surface area (Å²) in [6.45, 7) is 5.12. The normalized spacial score (nSPS) is 22.0. The molecule has 0 aromatic heterocycles. The highest BCUT2D eigenvalue weighted by Crippen LogP contribution is 2.28. The van der Waals surface area contributed by atoms with Crippen molar-refractivity contribution in [3.05, 3.63) is 71.8 Å². The van der Waals surface area contributed by atoms with Gasteiger partial charge >= 0.3 is 0 Å². The molecule has 23 heavy (non-hydrogen) atoms. The maximum absolute atomic E-state index is 5.00. The minimum atomic E-state index is -0.461. The van der Waals surface area contributed by atoms with Crippen molar-refractivity contribution in [3.8, 4) is 0 Å². The van der Waals surface area contributed by atoms with Crippen molar-refractivity contribution < 1.29 is 0 Å². The molecule has 1 aliphatic heterocycles. The van der Waals surface area contributed by atoms with Crippen LogP contribution in [0.2, 0.25) is 0 Å². The van der Waals surface area contributed by atoms with Gasteiger partial charge in [-0.1, -0.05) is 74.0 Å². The van der Waals surface area contributed by atoms with E-state index in [9.17, 15) is 0 Å². The average Bonchev–Trinajstić information content (AvgIpc) is 2.95. The molecule has 3 nitrogen and oxygen atoms in total. The zero-order chi connectivity index (χ0) is 16.1. The standard InChI is InChI=1S/C20H23N3/c1-3-4-15-21-19-18(16-11-7-5-8-12-16)22-20(2,23-19)17-13-9-6-10-14-17/h5-14H,3-4,15H2,1-2H3,(H,21,23). The van der Waals surface area contributed by atoms with Gasteiger partial charge in [-0.2, -0.15) is 0 Å². The molecular formula is C20H23N3. The lowest BCUT2D eigenvalue weighted by Gasteiger charge is -2.22. The molecule has 3 rings (SSSR count). The Morgan fingerprint density at radius 2 is 1.65 bits per heavy atom. The molecule has 1 atom stereocenters. The quantitative estimate of drug-likeness (QED) is 0.828. The van der Waals surface area contributed by atoms with Gasteiger partial charge in [0.2, 0.25) is 0 Å². The van der Waals surface area contributed by atoms with Crippen molar-refractivity contribution in [2.24, 2.45) is 9.98 Å². The number of nitrogens with zero attached hydrogens (tertiary/aromatic N) is 2. The molecule has 0 fully saturated rings. The third-order valence-corrected chi connectivity index (χ3v) is 4.09. The van der Waals surface area contributed by atoms with Gasteiger partial charge in [0.1, 0.15) is 11.5 Å². The summed E-state index contributed by atoms with van der Waals surface area (Å²) in [5, 5.41) is 3.54. The van der Waals surface area contributed by atoms with E-state index < -0.39 is 5.66 Å². The highest BCUT2D eigenvalue weighted by molar-refractivity contribution is 6.49. The molecule has 1 unspecified atom stereocenters. The Morgan fingerprint density at radius 3 is 2.30 bits per heavy atom. The number of aliphatic imine (C=N–C) groups is 2. The summed E-state index contributed by atoms with van der Waals surface area (Å²) >= 11 is 0. The van der Waals surface area contributed by atoms with Crippen molar-refractivity contribution >= 4 is 11.5 Å². The first kappa shape index (κ1) is 15.5. The Balaban J connectivity index is 2.00. The third-order valence-electron chi connectivity index (χ3n) is 4.09. The molecule has 0 radical (unpaired) electrons. The molecule has 0 saturated heterocycles. The van der Waals surface area contributed by atoms with Gasteiger partial charge in [-0.05, 0) is 18.9 Å². The minimum absolute atomic E-state index is 0.461. The minimum Gasteiger partial charge on any atom is -0.341 e. The maximum Gasteiger partial charge on any atom is 0.154 e. The molecular weight excluding hydrogens is 282 g/mol. The SMILES string of the molecule is CCCCN=C1NC(C)(c2ccccc2)N=C1c1ccccc1. The number of rotatable bonds is 5. The summed E-state index contributed by atoms with van der Waals surface area (Å²) < 4.78 is 0. The fourth-order valence-electron chi connectivity index (χ4n) is 2.75. The van der Waals surface area contributed by atoms with Crippen LogP contribution in [0.5, 0.6) is 0 Å². The molecule has 2 aromatic carbocycles. The first-order valence-electron chi connectivity index (χ1n) is 8.27. The highest BCUT2D eigenvalue weighted by Gasteiger charge is 2.35. The molecule has 1 heterocycles. The van der Waals surface area contributed by atoms with Crippen molar-refractivity contribution in [1.82, 2.24) is 5.32 Å². The van der Waals surface area contributed by atoms with E-state index in [1.165, 1.54) is 0 Å². The van der Waals surface area contributed by atoms with Crippen molar-refractivity contribution in [2.75, 3.05) is 6.54 Å². The summed E-state index contributed by atoms with van der Waals surface area (Å²) in [6.07, 6.45) is 2.24. The van der Waals surface area contributed by atoms with E-state index in [4.69, 9.17) is 9.98 Å². The number of hydrogen-bond acceptors (Lipinski definition) is 2. The Morgan fingerprint density at radius 1 is 1.00 bits per heavy atom. The number of hydrogen-bond donors (Lipinski definition) is 1.